The molecule has 0 bridgehead atoms. The fourth-order valence-corrected chi connectivity index (χ4v) is 1.20. The van der Waals surface area contributed by atoms with Gasteiger partial charge in [0.2, 0.25) is 0 Å². The predicted molar refractivity (Wildman–Crippen MR) is 48.7 cm³/mol. The molecule has 0 radical (unpaired) electrons. The summed E-state index contributed by atoms with van der Waals surface area (Å²) in [6.45, 7) is 5.27. The van der Waals surface area contributed by atoms with E-state index in [0.29, 0.717) is 0 Å². The monoisotopic (exact) mass is 166 g/mol. The van der Waals surface area contributed by atoms with Gasteiger partial charge in [-0.25, -0.2) is 4.79 Å². The number of carbonyl (C=O) groups excluding carboxylic acids is 1. The number of allylic oxidation sites excluding steroid dienone is 2. The van der Waals surface area contributed by atoms with Gasteiger partial charge in [0.15, 0.2) is 0 Å². The van der Waals surface area contributed by atoms with E-state index in [-0.39, 0.29) is 6.03 Å². The maximum atomic E-state index is 11.2. The average Bonchev–Trinajstić information content (AvgIpc) is 2.56. The first-order valence-corrected chi connectivity index (χ1v) is 4.17. The zero-order valence-electron chi connectivity index (χ0n) is 7.12. The summed E-state index contributed by atoms with van der Waals surface area (Å²) in [7, 11) is 0. The Kier molecular flexibility index (Phi) is 3.38. The Bertz CT molecular complexity index is 193. The van der Waals surface area contributed by atoms with Crippen LogP contribution in [0.4, 0.5) is 4.79 Å². The molecule has 0 aromatic rings. The second-order valence-electron chi connectivity index (χ2n) is 2.74. The van der Waals surface area contributed by atoms with Crippen molar-refractivity contribution in [2.45, 2.75) is 12.8 Å². The molecule has 1 aliphatic heterocycles. The summed E-state index contributed by atoms with van der Waals surface area (Å²) in [5.74, 6) is 0. The number of nitrogens with zero attached hydrogens (tertiary/aromatic N) is 1. The zero-order chi connectivity index (χ0) is 8.81. The van der Waals surface area contributed by atoms with E-state index in [0.717, 1.165) is 25.9 Å². The fourth-order valence-electron chi connectivity index (χ4n) is 1.20. The van der Waals surface area contributed by atoms with Crippen molar-refractivity contribution < 1.29 is 4.79 Å². The topological polar surface area (TPSA) is 32.3 Å². The minimum atomic E-state index is -0.00870. The number of rotatable bonds is 2. The molecule has 1 heterocycles. The van der Waals surface area contributed by atoms with Gasteiger partial charge in [-0.1, -0.05) is 12.7 Å². The standard InChI is InChI=1S/C9H14N2O/c1-2-3-6-10-9(12)11-7-4-5-8-11/h2-3,6H,1,4-5,7-8H2,(H,10,12). The molecule has 0 saturated carbocycles. The molecule has 12 heavy (non-hydrogen) atoms. The van der Waals surface area contributed by atoms with Crippen molar-refractivity contribution >= 4 is 6.03 Å². The Balaban J connectivity index is 2.27. The first-order chi connectivity index (χ1) is 5.84. The Morgan fingerprint density at radius 2 is 2.08 bits per heavy atom. The summed E-state index contributed by atoms with van der Waals surface area (Å²) in [6.07, 6.45) is 7.18. The molecule has 0 spiro atoms. The number of carbonyl (C=O) groups is 1. The minimum absolute atomic E-state index is 0.00870. The maximum Gasteiger partial charge on any atom is 0.321 e. The van der Waals surface area contributed by atoms with E-state index in [1.165, 1.54) is 0 Å². The van der Waals surface area contributed by atoms with Crippen LogP contribution in [0.5, 0.6) is 0 Å². The lowest BCUT2D eigenvalue weighted by molar-refractivity contribution is 0.212. The van der Waals surface area contributed by atoms with Gasteiger partial charge in [0, 0.05) is 19.3 Å². The van der Waals surface area contributed by atoms with Crippen LogP contribution >= 0.6 is 0 Å². The fraction of sp³-hybridized carbons (Fsp3) is 0.444. The van der Waals surface area contributed by atoms with Gasteiger partial charge < -0.3 is 10.2 Å². The number of hydrogen-bond donors (Lipinski definition) is 1. The van der Waals surface area contributed by atoms with Crippen LogP contribution in [0, 0.1) is 0 Å². The van der Waals surface area contributed by atoms with Crippen molar-refractivity contribution in [2.75, 3.05) is 13.1 Å². The van der Waals surface area contributed by atoms with Crippen LogP contribution in [0.15, 0.2) is 24.9 Å². The summed E-state index contributed by atoms with van der Waals surface area (Å²) in [5, 5.41) is 2.66. The molecule has 1 rings (SSSR count). The summed E-state index contributed by atoms with van der Waals surface area (Å²) >= 11 is 0. The van der Waals surface area contributed by atoms with Crippen LogP contribution in [0.2, 0.25) is 0 Å². The molecule has 2 amide bonds. The number of nitrogens with one attached hydrogen (secondary N) is 1. The van der Waals surface area contributed by atoms with Gasteiger partial charge in [0.05, 0.1) is 0 Å². The van der Waals surface area contributed by atoms with Crippen LogP contribution in [0.3, 0.4) is 0 Å². The Labute approximate surface area is 72.7 Å². The lowest BCUT2D eigenvalue weighted by Crippen LogP contribution is -2.34. The smallest absolute Gasteiger partial charge is 0.321 e. The molecular weight excluding hydrogens is 152 g/mol. The van der Waals surface area contributed by atoms with Crippen LogP contribution in [0.25, 0.3) is 0 Å². The van der Waals surface area contributed by atoms with Crippen LogP contribution in [0.1, 0.15) is 12.8 Å². The zero-order valence-corrected chi connectivity index (χ0v) is 7.12. The average molecular weight is 166 g/mol. The lowest BCUT2D eigenvalue weighted by Gasteiger charge is -2.13. The lowest BCUT2D eigenvalue weighted by atomic mass is 10.4. The van der Waals surface area contributed by atoms with E-state index in [1.807, 2.05) is 4.90 Å². The molecule has 1 saturated heterocycles. The highest BCUT2D eigenvalue weighted by molar-refractivity contribution is 5.75. The molecule has 0 unspecified atom stereocenters. The van der Waals surface area contributed by atoms with Gasteiger partial charge in [0.25, 0.3) is 0 Å². The third-order valence-corrected chi connectivity index (χ3v) is 1.83. The highest BCUT2D eigenvalue weighted by Gasteiger charge is 2.15. The van der Waals surface area contributed by atoms with Gasteiger partial charge >= 0.3 is 6.03 Å². The molecule has 0 aromatic carbocycles. The summed E-state index contributed by atoms with van der Waals surface area (Å²) < 4.78 is 0. The molecule has 0 aliphatic carbocycles. The highest BCUT2D eigenvalue weighted by Crippen LogP contribution is 2.06. The van der Waals surface area contributed by atoms with Crippen LogP contribution < -0.4 is 5.32 Å². The van der Waals surface area contributed by atoms with E-state index >= 15 is 0 Å². The first-order valence-electron chi connectivity index (χ1n) is 4.17. The molecular formula is C9H14N2O. The van der Waals surface area contributed by atoms with Gasteiger partial charge in [0.1, 0.15) is 0 Å². The van der Waals surface area contributed by atoms with Gasteiger partial charge in [-0.2, -0.15) is 0 Å². The Morgan fingerprint density at radius 3 is 2.67 bits per heavy atom. The molecule has 3 nitrogen and oxygen atoms in total. The molecule has 0 aromatic heterocycles. The van der Waals surface area contributed by atoms with E-state index in [1.54, 1.807) is 18.4 Å². The van der Waals surface area contributed by atoms with Crippen LogP contribution in [-0.4, -0.2) is 24.0 Å². The summed E-state index contributed by atoms with van der Waals surface area (Å²) in [6, 6.07) is -0.00870. The molecule has 66 valence electrons. The SMILES string of the molecule is C=CC=CNC(=O)N1CCCC1. The first kappa shape index (κ1) is 8.84. The molecule has 0 atom stereocenters. The molecule has 1 N–H and O–H groups in total. The largest absolute Gasteiger partial charge is 0.325 e. The molecule has 1 fully saturated rings. The Hall–Kier alpha value is -1.25. The number of urea groups is 1. The second-order valence-corrected chi connectivity index (χ2v) is 2.74. The number of likely N-dealkylation sites (tertiary alicyclic amines) is 1. The van der Waals surface area contributed by atoms with Crippen molar-refractivity contribution in [1.82, 2.24) is 10.2 Å². The maximum absolute atomic E-state index is 11.2. The van der Waals surface area contributed by atoms with E-state index in [9.17, 15) is 4.79 Å². The van der Waals surface area contributed by atoms with Crippen LogP contribution in [-0.2, 0) is 0 Å². The van der Waals surface area contributed by atoms with Gasteiger partial charge in [-0.3, -0.25) is 0 Å². The summed E-state index contributed by atoms with van der Waals surface area (Å²) in [5.41, 5.74) is 0. The van der Waals surface area contributed by atoms with E-state index in [4.69, 9.17) is 0 Å². The van der Waals surface area contributed by atoms with Crippen molar-refractivity contribution in [1.29, 1.82) is 0 Å². The van der Waals surface area contributed by atoms with Crippen molar-refractivity contribution in [3.05, 3.63) is 24.9 Å². The predicted octanol–water partition coefficient (Wildman–Crippen LogP) is 1.49. The summed E-state index contributed by atoms with van der Waals surface area (Å²) in [4.78, 5) is 13.1. The number of amides is 2. The van der Waals surface area contributed by atoms with Crippen molar-refractivity contribution in [2.24, 2.45) is 0 Å². The number of hydrogen-bond acceptors (Lipinski definition) is 1. The quantitative estimate of drug-likeness (QED) is 0.619. The third kappa shape index (κ3) is 2.42. The van der Waals surface area contributed by atoms with Gasteiger partial charge in [-0.15, -0.1) is 0 Å². The van der Waals surface area contributed by atoms with E-state index in [2.05, 4.69) is 11.9 Å². The van der Waals surface area contributed by atoms with E-state index < -0.39 is 0 Å². The molecule has 3 heteroatoms. The van der Waals surface area contributed by atoms with Gasteiger partial charge in [-0.05, 0) is 18.9 Å². The second kappa shape index (κ2) is 4.59. The minimum Gasteiger partial charge on any atom is -0.325 e. The normalized spacial score (nSPS) is 16.8. The highest BCUT2D eigenvalue weighted by atomic mass is 16.2. The molecule has 1 aliphatic rings. The van der Waals surface area contributed by atoms with Crippen molar-refractivity contribution in [3.8, 4) is 0 Å². The third-order valence-electron chi connectivity index (χ3n) is 1.83. The van der Waals surface area contributed by atoms with Crippen molar-refractivity contribution in [3.63, 3.8) is 0 Å². The Morgan fingerprint density at radius 1 is 1.42 bits per heavy atom.